The van der Waals surface area contributed by atoms with Gasteiger partial charge in [0.25, 0.3) is 5.91 Å². The average Bonchev–Trinajstić information content (AvgIpc) is 2.52. The molecule has 1 N–H and O–H groups in total. The second-order valence-electron chi connectivity index (χ2n) is 4.56. The first kappa shape index (κ1) is 16.4. The van der Waals surface area contributed by atoms with E-state index >= 15 is 0 Å². The van der Waals surface area contributed by atoms with Gasteiger partial charge in [-0.25, -0.2) is 0 Å². The first-order valence-corrected chi connectivity index (χ1v) is 6.50. The van der Waals surface area contributed by atoms with Crippen molar-refractivity contribution in [3.8, 4) is 11.8 Å². The number of nitrogens with one attached hydrogen (secondary N) is 1. The lowest BCUT2D eigenvalue weighted by atomic mass is 10.1. The Kier molecular flexibility index (Phi) is 4.86. The molecular weight excluding hydrogens is 309 g/mol. The number of carbonyl (C=O) groups is 1. The van der Waals surface area contributed by atoms with Gasteiger partial charge in [-0.3, -0.25) is 4.79 Å². The lowest BCUT2D eigenvalue weighted by molar-refractivity contribution is -0.274. The molecule has 7 heteroatoms. The molecule has 118 valence electrons. The van der Waals surface area contributed by atoms with Crippen LogP contribution in [0, 0.1) is 11.3 Å². The van der Waals surface area contributed by atoms with Gasteiger partial charge in [0.2, 0.25) is 0 Å². The molecule has 0 aliphatic heterocycles. The van der Waals surface area contributed by atoms with Crippen LogP contribution in [0.1, 0.15) is 21.5 Å². The molecule has 0 heterocycles. The van der Waals surface area contributed by atoms with E-state index in [4.69, 9.17) is 5.26 Å². The van der Waals surface area contributed by atoms with Crippen LogP contribution in [0.2, 0.25) is 0 Å². The largest absolute Gasteiger partial charge is 0.573 e. The Balaban J connectivity index is 1.94. The fourth-order valence-corrected chi connectivity index (χ4v) is 1.79. The van der Waals surface area contributed by atoms with E-state index in [0.717, 1.165) is 17.7 Å². The number of alkyl halides is 3. The molecule has 0 atom stereocenters. The van der Waals surface area contributed by atoms with Gasteiger partial charge in [-0.1, -0.05) is 12.1 Å². The van der Waals surface area contributed by atoms with Crippen LogP contribution in [-0.2, 0) is 6.54 Å². The van der Waals surface area contributed by atoms with E-state index in [9.17, 15) is 18.0 Å². The molecule has 0 bridgehead atoms. The van der Waals surface area contributed by atoms with Crippen LogP contribution in [0.25, 0.3) is 0 Å². The number of ether oxygens (including phenoxy) is 1. The first-order chi connectivity index (χ1) is 10.9. The van der Waals surface area contributed by atoms with Crippen molar-refractivity contribution < 1.29 is 22.7 Å². The van der Waals surface area contributed by atoms with Gasteiger partial charge in [-0.2, -0.15) is 5.26 Å². The summed E-state index contributed by atoms with van der Waals surface area (Å²) in [5.41, 5.74) is 1.53. The summed E-state index contributed by atoms with van der Waals surface area (Å²) in [6.45, 7) is 0.241. The van der Waals surface area contributed by atoms with Gasteiger partial charge in [0.1, 0.15) is 5.75 Å². The smallest absolute Gasteiger partial charge is 0.406 e. The minimum atomic E-state index is -4.76. The molecule has 0 saturated carbocycles. The van der Waals surface area contributed by atoms with Gasteiger partial charge < -0.3 is 10.1 Å². The summed E-state index contributed by atoms with van der Waals surface area (Å²) in [4.78, 5) is 11.9. The lowest BCUT2D eigenvalue weighted by Gasteiger charge is -2.09. The lowest BCUT2D eigenvalue weighted by Crippen LogP contribution is -2.22. The standard InChI is InChI=1S/C16H11F3N2O2/c17-16(18,19)23-14-7-5-13(6-8-14)15(22)21-10-12-3-1-11(9-20)2-4-12/h1-8H,10H2,(H,21,22). The van der Waals surface area contributed by atoms with Crippen LogP contribution >= 0.6 is 0 Å². The summed E-state index contributed by atoms with van der Waals surface area (Å²) in [6, 6.07) is 13.3. The van der Waals surface area contributed by atoms with Crippen molar-refractivity contribution in [2.45, 2.75) is 12.9 Å². The summed E-state index contributed by atoms with van der Waals surface area (Å²) in [5, 5.41) is 11.3. The molecule has 0 aliphatic carbocycles. The number of halogens is 3. The highest BCUT2D eigenvalue weighted by molar-refractivity contribution is 5.94. The second-order valence-corrected chi connectivity index (χ2v) is 4.56. The Morgan fingerprint density at radius 1 is 1.09 bits per heavy atom. The highest BCUT2D eigenvalue weighted by Gasteiger charge is 2.31. The predicted octanol–water partition coefficient (Wildman–Crippen LogP) is 3.39. The minimum Gasteiger partial charge on any atom is -0.406 e. The summed E-state index contributed by atoms with van der Waals surface area (Å²) in [6.07, 6.45) is -4.76. The van der Waals surface area contributed by atoms with Gasteiger partial charge in [0, 0.05) is 12.1 Å². The SMILES string of the molecule is N#Cc1ccc(CNC(=O)c2ccc(OC(F)(F)F)cc2)cc1. The first-order valence-electron chi connectivity index (χ1n) is 6.50. The Morgan fingerprint density at radius 2 is 1.70 bits per heavy atom. The number of nitrogens with zero attached hydrogens (tertiary/aromatic N) is 1. The number of hydrogen-bond acceptors (Lipinski definition) is 3. The van der Waals surface area contributed by atoms with Gasteiger partial charge in [0.05, 0.1) is 11.6 Å². The number of rotatable bonds is 4. The number of benzene rings is 2. The molecule has 23 heavy (non-hydrogen) atoms. The maximum Gasteiger partial charge on any atom is 0.573 e. The number of hydrogen-bond donors (Lipinski definition) is 1. The van der Waals surface area contributed by atoms with Crippen LogP contribution in [0.5, 0.6) is 5.75 Å². The van der Waals surface area contributed by atoms with Crippen LogP contribution in [0.15, 0.2) is 48.5 Å². The van der Waals surface area contributed by atoms with Gasteiger partial charge >= 0.3 is 6.36 Å². The highest BCUT2D eigenvalue weighted by Crippen LogP contribution is 2.22. The summed E-state index contributed by atoms with van der Waals surface area (Å²) in [5.74, 6) is -0.811. The predicted molar refractivity (Wildman–Crippen MR) is 75.5 cm³/mol. The molecule has 0 unspecified atom stereocenters. The third kappa shape index (κ3) is 5.04. The van der Waals surface area contributed by atoms with Crippen LogP contribution in [-0.4, -0.2) is 12.3 Å². The van der Waals surface area contributed by atoms with E-state index in [-0.39, 0.29) is 17.9 Å². The maximum absolute atomic E-state index is 12.0. The Labute approximate surface area is 130 Å². The van der Waals surface area contributed by atoms with Crippen LogP contribution in [0.3, 0.4) is 0 Å². The Hall–Kier alpha value is -3.01. The molecule has 0 fully saturated rings. The highest BCUT2D eigenvalue weighted by atomic mass is 19.4. The van der Waals surface area contributed by atoms with Crippen molar-refractivity contribution >= 4 is 5.91 Å². The molecular formula is C16H11F3N2O2. The molecule has 2 aromatic rings. The van der Waals surface area contributed by atoms with E-state index < -0.39 is 12.3 Å². The third-order valence-electron chi connectivity index (χ3n) is 2.89. The van der Waals surface area contributed by atoms with E-state index in [1.54, 1.807) is 24.3 Å². The molecule has 2 rings (SSSR count). The van der Waals surface area contributed by atoms with Crippen molar-refractivity contribution in [2.75, 3.05) is 0 Å². The minimum absolute atomic E-state index is 0.216. The number of amides is 1. The third-order valence-corrected chi connectivity index (χ3v) is 2.89. The van der Waals surface area contributed by atoms with Crippen molar-refractivity contribution in [3.05, 3.63) is 65.2 Å². The molecule has 1 amide bonds. The fraction of sp³-hybridized carbons (Fsp3) is 0.125. The molecule has 0 radical (unpaired) electrons. The maximum atomic E-state index is 12.0. The zero-order valence-corrected chi connectivity index (χ0v) is 11.7. The molecule has 0 spiro atoms. The van der Waals surface area contributed by atoms with Crippen LogP contribution in [0.4, 0.5) is 13.2 Å². The van der Waals surface area contributed by atoms with E-state index in [1.807, 2.05) is 6.07 Å². The Morgan fingerprint density at radius 3 is 2.22 bits per heavy atom. The van der Waals surface area contributed by atoms with Crippen molar-refractivity contribution in [3.63, 3.8) is 0 Å². The quantitative estimate of drug-likeness (QED) is 0.939. The zero-order chi connectivity index (χ0) is 16.9. The summed E-state index contributed by atoms with van der Waals surface area (Å²) < 4.78 is 39.9. The van der Waals surface area contributed by atoms with Gasteiger partial charge in [0.15, 0.2) is 0 Å². The fourth-order valence-electron chi connectivity index (χ4n) is 1.79. The second kappa shape index (κ2) is 6.83. The molecule has 0 aromatic heterocycles. The molecule has 0 aliphatic rings. The number of carbonyl (C=O) groups excluding carboxylic acids is 1. The van der Waals surface area contributed by atoms with Gasteiger partial charge in [-0.15, -0.1) is 13.2 Å². The number of nitriles is 1. The molecule has 4 nitrogen and oxygen atoms in total. The normalized spacial score (nSPS) is 10.7. The van der Waals surface area contributed by atoms with E-state index in [0.29, 0.717) is 5.56 Å². The van der Waals surface area contributed by atoms with Gasteiger partial charge in [-0.05, 0) is 42.0 Å². The summed E-state index contributed by atoms with van der Waals surface area (Å²) in [7, 11) is 0. The average molecular weight is 320 g/mol. The summed E-state index contributed by atoms with van der Waals surface area (Å²) >= 11 is 0. The molecule has 2 aromatic carbocycles. The van der Waals surface area contributed by atoms with E-state index in [2.05, 4.69) is 10.1 Å². The Bertz CT molecular complexity index is 717. The van der Waals surface area contributed by atoms with Crippen LogP contribution < -0.4 is 10.1 Å². The van der Waals surface area contributed by atoms with E-state index in [1.165, 1.54) is 12.1 Å². The molecule has 0 saturated heterocycles. The topological polar surface area (TPSA) is 62.1 Å². The zero-order valence-electron chi connectivity index (χ0n) is 11.7. The van der Waals surface area contributed by atoms with Crippen molar-refractivity contribution in [1.29, 1.82) is 5.26 Å². The van der Waals surface area contributed by atoms with Crippen molar-refractivity contribution in [2.24, 2.45) is 0 Å². The van der Waals surface area contributed by atoms with Crippen molar-refractivity contribution in [1.82, 2.24) is 5.32 Å². The monoisotopic (exact) mass is 320 g/mol.